The van der Waals surface area contributed by atoms with Gasteiger partial charge < -0.3 is 4.74 Å². The third kappa shape index (κ3) is 3.90. The van der Waals surface area contributed by atoms with Gasteiger partial charge >= 0.3 is 5.97 Å². The molecular weight excluding hydrogens is 430 g/mol. The number of allylic oxidation sites excluding steroid dienone is 1. The molecule has 0 aliphatic carbocycles. The SMILES string of the molecule is CCOC(=O)C1=C(C)N=c2sc(=Cc3ccccc3)c(=O)n2C1c1ccc([N+](=O)[O-])cc1. The molecule has 32 heavy (non-hydrogen) atoms. The first-order chi connectivity index (χ1) is 15.4. The zero-order chi connectivity index (χ0) is 22.8. The number of aromatic nitrogens is 1. The van der Waals surface area contributed by atoms with Gasteiger partial charge in [-0.1, -0.05) is 41.7 Å². The molecule has 162 valence electrons. The predicted octanol–water partition coefficient (Wildman–Crippen LogP) is 2.71. The average molecular weight is 449 g/mol. The number of carbonyl (C=O) groups excluding carboxylic acids is 1. The Balaban J connectivity index is 1.95. The molecule has 2 aromatic carbocycles. The van der Waals surface area contributed by atoms with E-state index in [2.05, 4.69) is 4.99 Å². The molecule has 1 aliphatic rings. The number of thiazole rings is 1. The molecule has 1 unspecified atom stereocenters. The van der Waals surface area contributed by atoms with Crippen molar-refractivity contribution in [3.63, 3.8) is 0 Å². The van der Waals surface area contributed by atoms with Crippen molar-refractivity contribution < 1.29 is 14.5 Å². The smallest absolute Gasteiger partial charge is 0.338 e. The summed E-state index contributed by atoms with van der Waals surface area (Å²) < 4.78 is 7.17. The minimum absolute atomic E-state index is 0.0800. The second kappa shape index (κ2) is 8.72. The molecule has 0 bridgehead atoms. The number of rotatable bonds is 5. The zero-order valence-electron chi connectivity index (χ0n) is 17.3. The highest BCUT2D eigenvalue weighted by atomic mass is 32.1. The van der Waals surface area contributed by atoms with E-state index in [1.807, 2.05) is 30.3 Å². The highest BCUT2D eigenvalue weighted by Crippen LogP contribution is 2.31. The summed E-state index contributed by atoms with van der Waals surface area (Å²) in [4.78, 5) is 41.8. The van der Waals surface area contributed by atoms with Crippen LogP contribution in [0.25, 0.3) is 6.08 Å². The Hall–Kier alpha value is -3.85. The van der Waals surface area contributed by atoms with Crippen LogP contribution in [-0.4, -0.2) is 22.1 Å². The molecule has 0 saturated carbocycles. The number of ether oxygens (including phenoxy) is 1. The minimum atomic E-state index is -0.802. The monoisotopic (exact) mass is 449 g/mol. The Morgan fingerprint density at radius 2 is 1.91 bits per heavy atom. The Bertz CT molecular complexity index is 1400. The molecule has 9 heteroatoms. The maximum absolute atomic E-state index is 13.4. The first kappa shape index (κ1) is 21.4. The quantitative estimate of drug-likeness (QED) is 0.338. The van der Waals surface area contributed by atoms with Crippen molar-refractivity contribution in [1.82, 2.24) is 4.57 Å². The number of carbonyl (C=O) groups is 1. The van der Waals surface area contributed by atoms with Gasteiger partial charge in [-0.2, -0.15) is 0 Å². The Labute approximate surface area is 186 Å². The number of fused-ring (bicyclic) bond motifs is 1. The Kier molecular flexibility index (Phi) is 5.83. The lowest BCUT2D eigenvalue weighted by Gasteiger charge is -2.24. The van der Waals surface area contributed by atoms with Crippen molar-refractivity contribution in [3.8, 4) is 0 Å². The molecule has 3 aromatic rings. The highest BCUT2D eigenvalue weighted by molar-refractivity contribution is 7.07. The van der Waals surface area contributed by atoms with Crippen LogP contribution >= 0.6 is 11.3 Å². The van der Waals surface area contributed by atoms with Crippen LogP contribution in [0.5, 0.6) is 0 Å². The summed E-state index contributed by atoms with van der Waals surface area (Å²) >= 11 is 1.23. The zero-order valence-corrected chi connectivity index (χ0v) is 18.2. The predicted molar refractivity (Wildman–Crippen MR) is 120 cm³/mol. The van der Waals surface area contributed by atoms with E-state index in [1.54, 1.807) is 32.1 Å². The van der Waals surface area contributed by atoms with Crippen LogP contribution in [0.2, 0.25) is 0 Å². The molecule has 0 saturated heterocycles. The first-order valence-electron chi connectivity index (χ1n) is 9.89. The molecule has 0 fully saturated rings. The van der Waals surface area contributed by atoms with Gasteiger partial charge in [0, 0.05) is 12.1 Å². The average Bonchev–Trinajstić information content (AvgIpc) is 3.08. The molecule has 1 atom stereocenters. The van der Waals surface area contributed by atoms with Gasteiger partial charge in [0.1, 0.15) is 0 Å². The Morgan fingerprint density at radius 1 is 1.22 bits per heavy atom. The lowest BCUT2D eigenvalue weighted by Crippen LogP contribution is -2.39. The van der Waals surface area contributed by atoms with Crippen molar-refractivity contribution >= 4 is 29.1 Å². The number of nitro benzene ring substituents is 1. The summed E-state index contributed by atoms with van der Waals surface area (Å²) in [6.45, 7) is 3.56. The third-order valence-corrected chi connectivity index (χ3v) is 6.02. The van der Waals surface area contributed by atoms with Crippen molar-refractivity contribution in [3.05, 3.63) is 107 Å². The van der Waals surface area contributed by atoms with E-state index in [9.17, 15) is 19.7 Å². The van der Waals surface area contributed by atoms with E-state index in [0.717, 1.165) is 5.56 Å². The van der Waals surface area contributed by atoms with Gasteiger partial charge in [0.25, 0.3) is 11.2 Å². The standard InChI is InChI=1S/C23H19N3O5S/c1-3-31-22(28)19-14(2)24-23-25(20(19)16-9-11-17(12-10-16)26(29)30)21(27)18(32-23)13-15-7-5-4-6-8-15/h4-13,20H,3H2,1-2H3. The number of hydrogen-bond donors (Lipinski definition) is 0. The van der Waals surface area contributed by atoms with E-state index >= 15 is 0 Å². The molecule has 8 nitrogen and oxygen atoms in total. The van der Waals surface area contributed by atoms with Crippen molar-refractivity contribution in [2.75, 3.05) is 6.61 Å². The number of esters is 1. The lowest BCUT2D eigenvalue weighted by atomic mass is 9.95. The number of non-ortho nitro benzene ring substituents is 1. The summed E-state index contributed by atoms with van der Waals surface area (Å²) in [7, 11) is 0. The van der Waals surface area contributed by atoms with Crippen LogP contribution in [-0.2, 0) is 9.53 Å². The van der Waals surface area contributed by atoms with Gasteiger partial charge in [0.05, 0.1) is 33.4 Å². The molecule has 1 aromatic heterocycles. The van der Waals surface area contributed by atoms with Crippen molar-refractivity contribution in [2.24, 2.45) is 4.99 Å². The number of hydrogen-bond acceptors (Lipinski definition) is 7. The van der Waals surface area contributed by atoms with E-state index in [0.29, 0.717) is 20.6 Å². The molecule has 4 rings (SSSR count). The van der Waals surface area contributed by atoms with Crippen LogP contribution in [0.3, 0.4) is 0 Å². The molecule has 0 amide bonds. The molecule has 0 spiro atoms. The third-order valence-electron chi connectivity index (χ3n) is 5.03. The molecule has 0 N–H and O–H groups in total. The largest absolute Gasteiger partial charge is 0.463 e. The van der Waals surface area contributed by atoms with Crippen LogP contribution in [0, 0.1) is 10.1 Å². The normalized spacial score (nSPS) is 15.8. The summed E-state index contributed by atoms with van der Waals surface area (Å²) in [5, 5.41) is 11.1. The molecular formula is C23H19N3O5S. The topological polar surface area (TPSA) is 104 Å². The fourth-order valence-corrected chi connectivity index (χ4v) is 4.63. The van der Waals surface area contributed by atoms with Crippen LogP contribution in [0.1, 0.15) is 31.0 Å². The number of benzene rings is 2. The van der Waals surface area contributed by atoms with E-state index in [1.165, 1.54) is 28.0 Å². The van der Waals surface area contributed by atoms with Gasteiger partial charge in [0.15, 0.2) is 4.80 Å². The highest BCUT2D eigenvalue weighted by Gasteiger charge is 2.33. The molecule has 2 heterocycles. The summed E-state index contributed by atoms with van der Waals surface area (Å²) in [5.74, 6) is -0.575. The van der Waals surface area contributed by atoms with Gasteiger partial charge in [-0.3, -0.25) is 19.5 Å². The lowest BCUT2D eigenvalue weighted by molar-refractivity contribution is -0.384. The first-order valence-corrected chi connectivity index (χ1v) is 10.7. The van der Waals surface area contributed by atoms with Crippen LogP contribution in [0.15, 0.2) is 75.7 Å². The van der Waals surface area contributed by atoms with Crippen LogP contribution in [0.4, 0.5) is 5.69 Å². The van der Waals surface area contributed by atoms with Gasteiger partial charge in [-0.15, -0.1) is 0 Å². The second-order valence-electron chi connectivity index (χ2n) is 7.06. The summed E-state index contributed by atoms with van der Waals surface area (Å²) in [5.41, 5.74) is 1.73. The van der Waals surface area contributed by atoms with Crippen molar-refractivity contribution in [1.29, 1.82) is 0 Å². The molecule has 0 radical (unpaired) electrons. The Morgan fingerprint density at radius 3 is 2.53 bits per heavy atom. The minimum Gasteiger partial charge on any atom is -0.463 e. The fraction of sp³-hybridized carbons (Fsp3) is 0.174. The number of nitrogens with zero attached hydrogens (tertiary/aromatic N) is 3. The van der Waals surface area contributed by atoms with Gasteiger partial charge in [-0.05, 0) is 43.2 Å². The second-order valence-corrected chi connectivity index (χ2v) is 8.07. The molecule has 1 aliphatic heterocycles. The van der Waals surface area contributed by atoms with Crippen LogP contribution < -0.4 is 14.9 Å². The fourth-order valence-electron chi connectivity index (χ4n) is 3.59. The summed E-state index contributed by atoms with van der Waals surface area (Å²) in [6.07, 6.45) is 1.78. The van der Waals surface area contributed by atoms with Gasteiger partial charge in [0.2, 0.25) is 0 Å². The summed E-state index contributed by atoms with van der Waals surface area (Å²) in [6, 6.07) is 14.4. The van der Waals surface area contributed by atoms with E-state index < -0.39 is 16.9 Å². The maximum atomic E-state index is 13.4. The maximum Gasteiger partial charge on any atom is 0.338 e. The van der Waals surface area contributed by atoms with E-state index in [4.69, 9.17) is 4.74 Å². The van der Waals surface area contributed by atoms with Gasteiger partial charge in [-0.25, -0.2) is 9.79 Å². The van der Waals surface area contributed by atoms with Crippen molar-refractivity contribution in [2.45, 2.75) is 19.9 Å². The van der Waals surface area contributed by atoms with E-state index in [-0.39, 0.29) is 23.4 Å². The number of nitro groups is 1.